The fourth-order valence-electron chi connectivity index (χ4n) is 5.76. The van der Waals surface area contributed by atoms with Gasteiger partial charge in [-0.05, 0) is 0 Å². The second kappa shape index (κ2) is 6.17. The van der Waals surface area contributed by atoms with E-state index in [-0.39, 0.29) is 9.49 Å². The molecule has 0 saturated carbocycles. The van der Waals surface area contributed by atoms with Gasteiger partial charge < -0.3 is 0 Å². The standard InChI is InChI=1S/C29H22SSe/c1-18(2)19-15-16-21-20-9-3-4-10-22(20)28(25(21)17-19)29(30-28)23-11-5-7-13-26(23)31-27-14-8-6-12-24(27)29/h3-18H,1-2H3. The first-order valence-corrected chi connectivity index (χ1v) is 13.5. The summed E-state index contributed by atoms with van der Waals surface area (Å²) in [5.74, 6) is 0.528. The van der Waals surface area contributed by atoms with Crippen LogP contribution in [0.5, 0.6) is 0 Å². The third-order valence-corrected chi connectivity index (χ3v) is 11.5. The van der Waals surface area contributed by atoms with Crippen molar-refractivity contribution in [2.45, 2.75) is 29.3 Å². The molecule has 31 heavy (non-hydrogen) atoms. The van der Waals surface area contributed by atoms with Crippen LogP contribution in [0.1, 0.15) is 47.6 Å². The van der Waals surface area contributed by atoms with Gasteiger partial charge in [-0.3, -0.25) is 0 Å². The van der Waals surface area contributed by atoms with Crippen LogP contribution in [0.2, 0.25) is 0 Å². The fourth-order valence-corrected chi connectivity index (χ4v) is 10.5. The van der Waals surface area contributed by atoms with E-state index in [1.807, 2.05) is 0 Å². The third kappa shape index (κ3) is 2.14. The van der Waals surface area contributed by atoms with E-state index >= 15 is 0 Å². The fraction of sp³-hybridized carbons (Fsp3) is 0.172. The van der Waals surface area contributed by atoms with Crippen LogP contribution >= 0.6 is 11.8 Å². The van der Waals surface area contributed by atoms with Crippen molar-refractivity contribution in [2.75, 3.05) is 0 Å². The maximum atomic E-state index is 2.52. The summed E-state index contributed by atoms with van der Waals surface area (Å²) in [6, 6.07) is 34.8. The Morgan fingerprint density at radius 2 is 1.16 bits per heavy atom. The van der Waals surface area contributed by atoms with Crippen molar-refractivity contribution in [2.24, 2.45) is 0 Å². The number of fused-ring (bicyclic) bond motifs is 10. The first-order valence-electron chi connectivity index (χ1n) is 11.0. The third-order valence-electron chi connectivity index (χ3n) is 7.20. The molecule has 2 heteroatoms. The number of hydrogen-bond donors (Lipinski definition) is 0. The summed E-state index contributed by atoms with van der Waals surface area (Å²) in [4.78, 5) is 0. The quantitative estimate of drug-likeness (QED) is 0.249. The van der Waals surface area contributed by atoms with E-state index in [1.165, 1.54) is 38.9 Å². The van der Waals surface area contributed by atoms with Crippen LogP contribution in [0.4, 0.5) is 0 Å². The van der Waals surface area contributed by atoms with E-state index < -0.39 is 0 Å². The molecule has 0 amide bonds. The Balaban J connectivity index is 1.59. The molecule has 2 aliphatic heterocycles. The van der Waals surface area contributed by atoms with Gasteiger partial charge >= 0.3 is 195 Å². The first-order chi connectivity index (χ1) is 15.2. The molecule has 2 heterocycles. The van der Waals surface area contributed by atoms with Gasteiger partial charge in [-0.1, -0.05) is 0 Å². The van der Waals surface area contributed by atoms with Crippen LogP contribution in [0.15, 0.2) is 91.0 Å². The Bertz CT molecular complexity index is 1340. The summed E-state index contributed by atoms with van der Waals surface area (Å²) in [6.45, 7) is 4.61. The molecule has 0 bridgehead atoms. The van der Waals surface area contributed by atoms with Gasteiger partial charge in [0.15, 0.2) is 0 Å². The van der Waals surface area contributed by atoms with Crippen molar-refractivity contribution in [3.8, 4) is 11.1 Å². The summed E-state index contributed by atoms with van der Waals surface area (Å²) in [7, 11) is 0. The number of hydrogen-bond acceptors (Lipinski definition) is 1. The molecule has 150 valence electrons. The van der Waals surface area contributed by atoms with Crippen molar-refractivity contribution in [1.29, 1.82) is 0 Å². The summed E-state index contributed by atoms with van der Waals surface area (Å²) >= 11 is 2.54. The summed E-state index contributed by atoms with van der Waals surface area (Å²) in [5.41, 5.74) is 10.4. The zero-order valence-electron chi connectivity index (χ0n) is 17.6. The van der Waals surface area contributed by atoms with Crippen LogP contribution in [0, 0.1) is 0 Å². The van der Waals surface area contributed by atoms with Gasteiger partial charge in [-0.2, -0.15) is 0 Å². The molecule has 0 nitrogen and oxygen atoms in total. The van der Waals surface area contributed by atoms with Crippen LogP contribution in [-0.2, 0) is 9.49 Å². The molecule has 7 rings (SSSR count). The predicted molar refractivity (Wildman–Crippen MR) is 133 cm³/mol. The molecule has 1 saturated heterocycles. The van der Waals surface area contributed by atoms with E-state index in [4.69, 9.17) is 0 Å². The summed E-state index contributed by atoms with van der Waals surface area (Å²) in [6.07, 6.45) is 0. The van der Waals surface area contributed by atoms with Crippen LogP contribution in [0.25, 0.3) is 11.1 Å². The van der Waals surface area contributed by atoms with Gasteiger partial charge in [0.25, 0.3) is 0 Å². The topological polar surface area (TPSA) is 0 Å². The Morgan fingerprint density at radius 3 is 1.84 bits per heavy atom. The molecule has 1 atom stereocenters. The van der Waals surface area contributed by atoms with E-state index in [1.54, 1.807) is 8.92 Å². The van der Waals surface area contributed by atoms with Crippen molar-refractivity contribution in [3.63, 3.8) is 0 Å². The molecule has 3 aliphatic rings. The second-order valence-corrected chi connectivity index (χ2v) is 12.8. The Labute approximate surface area is 194 Å². The van der Waals surface area contributed by atoms with E-state index in [0.717, 1.165) is 0 Å². The second-order valence-electron chi connectivity index (χ2n) is 9.06. The zero-order chi connectivity index (χ0) is 20.8. The van der Waals surface area contributed by atoms with E-state index in [2.05, 4.69) is 117 Å². The number of rotatable bonds is 1. The van der Waals surface area contributed by atoms with Crippen LogP contribution in [0.3, 0.4) is 0 Å². The molecular formula is C29H22SSe. The molecule has 4 aromatic carbocycles. The molecular weight excluding hydrogens is 459 g/mol. The van der Waals surface area contributed by atoms with Crippen LogP contribution in [-0.4, -0.2) is 15.0 Å². The number of benzene rings is 4. The van der Waals surface area contributed by atoms with Gasteiger partial charge in [0.1, 0.15) is 0 Å². The minimum atomic E-state index is -0.0352. The Morgan fingerprint density at radius 1 is 0.613 bits per heavy atom. The Kier molecular flexibility index (Phi) is 3.65. The molecule has 1 fully saturated rings. The van der Waals surface area contributed by atoms with Gasteiger partial charge in [0, 0.05) is 0 Å². The Hall–Kier alpha value is -2.25. The van der Waals surface area contributed by atoms with Crippen molar-refractivity contribution in [3.05, 3.63) is 119 Å². The maximum absolute atomic E-state index is 2.52. The number of thioether (sulfide) groups is 1. The monoisotopic (exact) mass is 482 g/mol. The first kappa shape index (κ1) is 18.3. The molecule has 0 radical (unpaired) electrons. The van der Waals surface area contributed by atoms with Gasteiger partial charge in [-0.25, -0.2) is 0 Å². The molecule has 1 unspecified atom stereocenters. The SMILES string of the molecule is CC(C)c1ccc2c(c1)C1(SC13c1ccccc1[Se]c1ccccc13)c1ccccc1-2. The van der Waals surface area contributed by atoms with Crippen LogP contribution < -0.4 is 8.92 Å². The van der Waals surface area contributed by atoms with Crippen molar-refractivity contribution >= 4 is 35.6 Å². The average Bonchev–Trinajstić information content (AvgIpc) is 3.41. The summed E-state index contributed by atoms with van der Waals surface area (Å²) < 4.78 is 3.02. The predicted octanol–water partition coefficient (Wildman–Crippen LogP) is 5.69. The van der Waals surface area contributed by atoms with Crippen molar-refractivity contribution < 1.29 is 0 Å². The van der Waals surface area contributed by atoms with Gasteiger partial charge in [-0.15, -0.1) is 0 Å². The molecule has 0 N–H and O–H groups in total. The molecule has 1 aliphatic carbocycles. The van der Waals surface area contributed by atoms with E-state index in [9.17, 15) is 0 Å². The zero-order valence-corrected chi connectivity index (χ0v) is 20.1. The molecule has 0 aromatic heterocycles. The van der Waals surface area contributed by atoms with Crippen molar-refractivity contribution in [1.82, 2.24) is 0 Å². The van der Waals surface area contributed by atoms with Gasteiger partial charge in [0.2, 0.25) is 0 Å². The average molecular weight is 482 g/mol. The van der Waals surface area contributed by atoms with Gasteiger partial charge in [0.05, 0.1) is 0 Å². The molecule has 4 aromatic rings. The summed E-state index contributed by atoms with van der Waals surface area (Å²) in [5, 5.41) is 0. The minimum absolute atomic E-state index is 0.0306. The normalized spacial score (nSPS) is 21.0. The molecule has 2 spiro atoms. The van der Waals surface area contributed by atoms with E-state index in [0.29, 0.717) is 20.9 Å².